The van der Waals surface area contributed by atoms with E-state index in [9.17, 15) is 5.11 Å². The van der Waals surface area contributed by atoms with Crippen LogP contribution in [0, 0.1) is 0 Å². The first kappa shape index (κ1) is 12.1. The van der Waals surface area contributed by atoms with Crippen molar-refractivity contribution in [3.8, 4) is 5.75 Å². The molecule has 0 saturated heterocycles. The molecule has 1 N–H and O–H groups in total. The molecule has 0 aromatic heterocycles. The third-order valence-corrected chi connectivity index (χ3v) is 3.08. The number of quaternary nitrogens is 1. The minimum atomic E-state index is 0.366. The molecule has 0 aliphatic carbocycles. The Balaban J connectivity index is 2.51. The fraction of sp³-hybridized carbons (Fsp3) is 0.538. The highest BCUT2D eigenvalue weighted by Crippen LogP contribution is 2.15. The Hall–Kier alpha value is -1.02. The normalized spacial score (nSPS) is 13.9. The van der Waals surface area contributed by atoms with Crippen LogP contribution >= 0.6 is 0 Å². The van der Waals surface area contributed by atoms with Crippen LogP contribution in [0.4, 0.5) is 0 Å². The summed E-state index contributed by atoms with van der Waals surface area (Å²) in [6.45, 7) is 2.27. The van der Waals surface area contributed by atoms with Crippen molar-refractivity contribution < 1.29 is 9.59 Å². The molecule has 2 nitrogen and oxygen atoms in total. The van der Waals surface area contributed by atoms with Gasteiger partial charge in [0.05, 0.1) is 27.2 Å². The molecule has 1 rings (SSSR count). The third-order valence-electron chi connectivity index (χ3n) is 3.08. The quantitative estimate of drug-likeness (QED) is 0.753. The number of phenols is 1. The van der Waals surface area contributed by atoms with Crippen molar-refractivity contribution in [2.45, 2.75) is 25.8 Å². The SMILES string of the molecule is CC(CCc1cccc(O)c1)[N+](C)(C)C. The average molecular weight is 208 g/mol. The molecule has 15 heavy (non-hydrogen) atoms. The second-order valence-electron chi connectivity index (χ2n) is 5.17. The highest BCUT2D eigenvalue weighted by molar-refractivity contribution is 5.27. The molecule has 1 aromatic carbocycles. The second kappa shape index (κ2) is 4.67. The molecule has 0 bridgehead atoms. The Labute approximate surface area is 92.8 Å². The molecule has 0 spiro atoms. The van der Waals surface area contributed by atoms with Crippen LogP contribution in [0.25, 0.3) is 0 Å². The average Bonchev–Trinajstić information content (AvgIpc) is 2.12. The minimum absolute atomic E-state index is 0.366. The lowest BCUT2D eigenvalue weighted by atomic mass is 10.0. The Morgan fingerprint density at radius 1 is 1.27 bits per heavy atom. The van der Waals surface area contributed by atoms with Gasteiger partial charge >= 0.3 is 0 Å². The highest BCUT2D eigenvalue weighted by Gasteiger charge is 2.17. The van der Waals surface area contributed by atoms with Crippen molar-refractivity contribution in [2.24, 2.45) is 0 Å². The van der Waals surface area contributed by atoms with E-state index in [-0.39, 0.29) is 0 Å². The Morgan fingerprint density at radius 2 is 1.93 bits per heavy atom. The van der Waals surface area contributed by atoms with Gasteiger partial charge in [0.1, 0.15) is 5.75 Å². The van der Waals surface area contributed by atoms with Crippen molar-refractivity contribution in [1.29, 1.82) is 0 Å². The monoisotopic (exact) mass is 208 g/mol. The zero-order valence-electron chi connectivity index (χ0n) is 10.2. The lowest BCUT2D eigenvalue weighted by Gasteiger charge is -2.31. The summed E-state index contributed by atoms with van der Waals surface area (Å²) in [6, 6.07) is 8.17. The van der Waals surface area contributed by atoms with Crippen molar-refractivity contribution >= 4 is 0 Å². The van der Waals surface area contributed by atoms with Crippen LogP contribution in [-0.2, 0) is 6.42 Å². The summed E-state index contributed by atoms with van der Waals surface area (Å²) in [5.41, 5.74) is 1.22. The van der Waals surface area contributed by atoms with E-state index in [0.29, 0.717) is 11.8 Å². The minimum Gasteiger partial charge on any atom is -0.508 e. The molecule has 1 unspecified atom stereocenters. The number of aromatic hydroxyl groups is 1. The number of phenolic OH excluding ortho intramolecular Hbond substituents is 1. The summed E-state index contributed by atoms with van der Waals surface area (Å²) in [4.78, 5) is 0. The zero-order valence-corrected chi connectivity index (χ0v) is 10.2. The van der Waals surface area contributed by atoms with E-state index >= 15 is 0 Å². The van der Waals surface area contributed by atoms with Gasteiger partial charge in [-0.05, 0) is 31.0 Å². The number of benzene rings is 1. The Kier molecular flexibility index (Phi) is 3.75. The van der Waals surface area contributed by atoms with E-state index in [0.717, 1.165) is 17.3 Å². The maximum absolute atomic E-state index is 9.33. The van der Waals surface area contributed by atoms with E-state index < -0.39 is 0 Å². The Bertz CT molecular complexity index is 315. The van der Waals surface area contributed by atoms with E-state index in [1.54, 1.807) is 6.07 Å². The van der Waals surface area contributed by atoms with Crippen LogP contribution in [0.5, 0.6) is 5.75 Å². The summed E-state index contributed by atoms with van der Waals surface area (Å²) in [5, 5.41) is 9.33. The van der Waals surface area contributed by atoms with Gasteiger partial charge < -0.3 is 9.59 Å². The molecule has 0 aliphatic heterocycles. The van der Waals surface area contributed by atoms with Gasteiger partial charge in [-0.1, -0.05) is 12.1 Å². The lowest BCUT2D eigenvalue weighted by molar-refractivity contribution is -0.894. The van der Waals surface area contributed by atoms with E-state index in [1.165, 1.54) is 5.56 Å². The maximum atomic E-state index is 9.33. The first-order valence-corrected chi connectivity index (χ1v) is 5.48. The van der Waals surface area contributed by atoms with Gasteiger partial charge in [0.25, 0.3) is 0 Å². The molecule has 0 saturated carbocycles. The smallest absolute Gasteiger partial charge is 0.115 e. The molecule has 0 heterocycles. The van der Waals surface area contributed by atoms with Crippen LogP contribution in [0.15, 0.2) is 24.3 Å². The number of hydrogen-bond donors (Lipinski definition) is 1. The van der Waals surface area contributed by atoms with Crippen LogP contribution < -0.4 is 0 Å². The Morgan fingerprint density at radius 3 is 2.47 bits per heavy atom. The number of hydrogen-bond acceptors (Lipinski definition) is 1. The maximum Gasteiger partial charge on any atom is 0.115 e. The third kappa shape index (κ3) is 3.92. The summed E-state index contributed by atoms with van der Waals surface area (Å²) < 4.78 is 0.985. The number of aryl methyl sites for hydroxylation is 1. The molecule has 1 aromatic rings. The summed E-state index contributed by atoms with van der Waals surface area (Å²) in [7, 11) is 6.65. The predicted molar refractivity (Wildman–Crippen MR) is 63.9 cm³/mol. The molecule has 2 heteroatoms. The number of rotatable bonds is 4. The van der Waals surface area contributed by atoms with Gasteiger partial charge in [-0.15, -0.1) is 0 Å². The van der Waals surface area contributed by atoms with Crippen molar-refractivity contribution in [3.63, 3.8) is 0 Å². The van der Waals surface area contributed by atoms with E-state index in [1.807, 2.05) is 12.1 Å². The molecule has 84 valence electrons. The predicted octanol–water partition coefficient (Wildman–Crippen LogP) is 2.42. The molecular weight excluding hydrogens is 186 g/mol. The molecule has 0 amide bonds. The molecule has 0 fully saturated rings. The molecular formula is C13H22NO+. The first-order chi connectivity index (χ1) is 6.89. The molecule has 0 radical (unpaired) electrons. The van der Waals surface area contributed by atoms with Crippen LogP contribution in [0.2, 0.25) is 0 Å². The van der Waals surface area contributed by atoms with E-state index in [4.69, 9.17) is 0 Å². The highest BCUT2D eigenvalue weighted by atomic mass is 16.3. The summed E-state index contributed by atoms with van der Waals surface area (Å²) >= 11 is 0. The fourth-order valence-electron chi connectivity index (χ4n) is 1.47. The second-order valence-corrected chi connectivity index (χ2v) is 5.17. The van der Waals surface area contributed by atoms with Crippen molar-refractivity contribution in [2.75, 3.05) is 21.1 Å². The van der Waals surface area contributed by atoms with Crippen molar-refractivity contribution in [3.05, 3.63) is 29.8 Å². The summed E-state index contributed by atoms with van der Waals surface area (Å²) in [6.07, 6.45) is 2.18. The molecule has 1 atom stereocenters. The zero-order chi connectivity index (χ0) is 11.5. The largest absolute Gasteiger partial charge is 0.508 e. The van der Waals surface area contributed by atoms with Gasteiger partial charge in [-0.2, -0.15) is 0 Å². The summed E-state index contributed by atoms with van der Waals surface area (Å²) in [5.74, 6) is 0.366. The molecule has 0 aliphatic rings. The number of nitrogens with zero attached hydrogens (tertiary/aromatic N) is 1. The lowest BCUT2D eigenvalue weighted by Crippen LogP contribution is -2.43. The first-order valence-electron chi connectivity index (χ1n) is 5.48. The van der Waals surface area contributed by atoms with Crippen LogP contribution in [0.3, 0.4) is 0 Å². The van der Waals surface area contributed by atoms with Gasteiger partial charge in [0, 0.05) is 6.42 Å². The van der Waals surface area contributed by atoms with Gasteiger partial charge in [0.15, 0.2) is 0 Å². The fourth-order valence-corrected chi connectivity index (χ4v) is 1.47. The van der Waals surface area contributed by atoms with Crippen LogP contribution in [0.1, 0.15) is 18.9 Å². The van der Waals surface area contributed by atoms with Gasteiger partial charge in [-0.25, -0.2) is 0 Å². The van der Waals surface area contributed by atoms with E-state index in [2.05, 4.69) is 34.1 Å². The standard InChI is InChI=1S/C13H21NO/c1-11(14(2,3)4)8-9-12-6-5-7-13(15)10-12/h5-7,10-11H,8-9H2,1-4H3/p+1. The van der Waals surface area contributed by atoms with Gasteiger partial charge in [-0.3, -0.25) is 0 Å². The van der Waals surface area contributed by atoms with Crippen molar-refractivity contribution in [1.82, 2.24) is 0 Å². The topological polar surface area (TPSA) is 20.2 Å². The van der Waals surface area contributed by atoms with Crippen LogP contribution in [-0.4, -0.2) is 36.8 Å². The van der Waals surface area contributed by atoms with Gasteiger partial charge in [0.2, 0.25) is 0 Å².